The van der Waals surface area contributed by atoms with Gasteiger partial charge in [0.05, 0.1) is 10.2 Å². The lowest BCUT2D eigenvalue weighted by Crippen LogP contribution is -2.35. The van der Waals surface area contributed by atoms with Crippen molar-refractivity contribution in [1.29, 1.82) is 0 Å². The molecule has 1 heterocycles. The largest absolute Gasteiger partial charge is 0.482 e. The van der Waals surface area contributed by atoms with E-state index in [1.165, 1.54) is 27.4 Å². The molecule has 0 radical (unpaired) electrons. The minimum atomic E-state index is -0.570. The summed E-state index contributed by atoms with van der Waals surface area (Å²) >= 11 is 1.44. The van der Waals surface area contributed by atoms with E-state index in [0.29, 0.717) is 17.4 Å². The van der Waals surface area contributed by atoms with Gasteiger partial charge in [-0.15, -0.1) is 0 Å². The van der Waals surface area contributed by atoms with E-state index in [0.717, 1.165) is 29.5 Å². The predicted molar refractivity (Wildman–Crippen MR) is 113 cm³/mol. The van der Waals surface area contributed by atoms with Crippen LogP contribution in [-0.2, 0) is 27.2 Å². The van der Waals surface area contributed by atoms with Crippen molar-refractivity contribution in [1.82, 2.24) is 4.98 Å². The number of ether oxygens (including phenoxy) is 2. The summed E-state index contributed by atoms with van der Waals surface area (Å²) in [5.74, 6) is -0.227. The Morgan fingerprint density at radius 1 is 1.10 bits per heavy atom. The first-order valence-corrected chi connectivity index (χ1v) is 10.5. The molecule has 6 nitrogen and oxygen atoms in total. The molecule has 0 unspecified atom stereocenters. The molecule has 0 N–H and O–H groups in total. The molecular formula is C22H22N2O4S. The van der Waals surface area contributed by atoms with E-state index in [-0.39, 0.29) is 19.1 Å². The van der Waals surface area contributed by atoms with Crippen LogP contribution in [0.2, 0.25) is 0 Å². The van der Waals surface area contributed by atoms with Crippen molar-refractivity contribution < 1.29 is 19.1 Å². The van der Waals surface area contributed by atoms with E-state index >= 15 is 0 Å². The highest BCUT2D eigenvalue weighted by atomic mass is 32.1. The topological polar surface area (TPSA) is 68.7 Å². The Labute approximate surface area is 173 Å². The molecule has 1 amide bonds. The van der Waals surface area contributed by atoms with Gasteiger partial charge in [0.25, 0.3) is 5.91 Å². The van der Waals surface area contributed by atoms with Crippen molar-refractivity contribution in [2.75, 3.05) is 24.7 Å². The van der Waals surface area contributed by atoms with Gasteiger partial charge in [-0.05, 0) is 61.6 Å². The second-order valence-electron chi connectivity index (χ2n) is 6.84. The number of benzene rings is 2. The van der Waals surface area contributed by atoms with Crippen LogP contribution >= 0.6 is 11.3 Å². The predicted octanol–water partition coefficient (Wildman–Crippen LogP) is 3.76. The van der Waals surface area contributed by atoms with Gasteiger partial charge in [0.2, 0.25) is 0 Å². The molecule has 1 aliphatic rings. The number of rotatable bonds is 7. The number of amides is 1. The highest BCUT2D eigenvalue weighted by Crippen LogP contribution is 2.28. The number of fused-ring (bicyclic) bond motifs is 2. The average Bonchev–Trinajstić information content (AvgIpc) is 3.37. The number of hydrogen-bond donors (Lipinski definition) is 0. The van der Waals surface area contributed by atoms with Crippen molar-refractivity contribution in [3.05, 3.63) is 53.6 Å². The van der Waals surface area contributed by atoms with E-state index in [1.54, 1.807) is 0 Å². The fourth-order valence-corrected chi connectivity index (χ4v) is 4.48. The molecule has 4 rings (SSSR count). The Morgan fingerprint density at radius 2 is 1.93 bits per heavy atom. The summed E-state index contributed by atoms with van der Waals surface area (Å²) in [5, 5.41) is 0.601. The van der Waals surface area contributed by atoms with Crippen LogP contribution in [0.15, 0.2) is 42.5 Å². The number of carbonyl (C=O) groups excluding carboxylic acids is 2. The number of nitrogens with zero attached hydrogens (tertiary/aromatic N) is 2. The van der Waals surface area contributed by atoms with Gasteiger partial charge in [-0.2, -0.15) is 0 Å². The van der Waals surface area contributed by atoms with E-state index in [4.69, 9.17) is 9.47 Å². The van der Waals surface area contributed by atoms with E-state index in [2.05, 4.69) is 4.98 Å². The smallest absolute Gasteiger partial charge is 0.344 e. The standard InChI is InChI=1S/C22H22N2O4S/c1-2-24(22-23-18-8-3-4-9-19(18)29-22)20(25)13-28-21(26)14-27-17-11-10-15-6-5-7-16(15)12-17/h3-4,8-12H,2,5-7,13-14H2,1H3. The third-order valence-electron chi connectivity index (χ3n) is 4.91. The summed E-state index contributed by atoms with van der Waals surface area (Å²) in [4.78, 5) is 30.6. The summed E-state index contributed by atoms with van der Waals surface area (Å²) in [5.41, 5.74) is 3.47. The van der Waals surface area contributed by atoms with Gasteiger partial charge in [0, 0.05) is 6.54 Å². The molecule has 0 aliphatic heterocycles. The van der Waals surface area contributed by atoms with Gasteiger partial charge in [0.15, 0.2) is 18.3 Å². The maximum Gasteiger partial charge on any atom is 0.344 e. The Balaban J connectivity index is 1.30. The number of esters is 1. The van der Waals surface area contributed by atoms with E-state index < -0.39 is 5.97 Å². The van der Waals surface area contributed by atoms with Gasteiger partial charge < -0.3 is 9.47 Å². The molecule has 0 bridgehead atoms. The molecule has 3 aromatic rings. The minimum absolute atomic E-state index is 0.223. The van der Waals surface area contributed by atoms with Crippen molar-refractivity contribution in [2.45, 2.75) is 26.2 Å². The van der Waals surface area contributed by atoms with Crippen LogP contribution in [0.25, 0.3) is 10.2 Å². The van der Waals surface area contributed by atoms with Crippen LogP contribution in [-0.4, -0.2) is 36.6 Å². The lowest BCUT2D eigenvalue weighted by atomic mass is 10.1. The maximum absolute atomic E-state index is 12.5. The fourth-order valence-electron chi connectivity index (χ4n) is 3.44. The van der Waals surface area contributed by atoms with Crippen LogP contribution in [0.3, 0.4) is 0 Å². The number of aromatic nitrogens is 1. The summed E-state index contributed by atoms with van der Waals surface area (Å²) < 4.78 is 11.7. The second kappa shape index (κ2) is 8.61. The van der Waals surface area contributed by atoms with Crippen LogP contribution in [0.4, 0.5) is 5.13 Å². The summed E-state index contributed by atoms with van der Waals surface area (Å²) in [6, 6.07) is 13.6. The number of para-hydroxylation sites is 1. The molecule has 150 valence electrons. The number of anilines is 1. The molecule has 0 saturated heterocycles. The van der Waals surface area contributed by atoms with Crippen molar-refractivity contribution in [2.24, 2.45) is 0 Å². The summed E-state index contributed by atoms with van der Waals surface area (Å²) in [6.45, 7) is 1.75. The van der Waals surface area contributed by atoms with E-state index in [1.807, 2.05) is 49.4 Å². The molecule has 0 fully saturated rings. The molecule has 29 heavy (non-hydrogen) atoms. The zero-order chi connectivity index (χ0) is 20.2. The van der Waals surface area contributed by atoms with Crippen LogP contribution in [0.1, 0.15) is 24.5 Å². The Kier molecular flexibility index (Phi) is 5.76. The highest BCUT2D eigenvalue weighted by molar-refractivity contribution is 7.22. The molecule has 1 aliphatic carbocycles. The number of likely N-dealkylation sites (N-methyl/N-ethyl adjacent to an activating group) is 1. The molecule has 0 spiro atoms. The normalized spacial score (nSPS) is 12.6. The van der Waals surface area contributed by atoms with Crippen LogP contribution in [0, 0.1) is 0 Å². The SMILES string of the molecule is CCN(C(=O)COC(=O)COc1ccc2c(c1)CCC2)c1nc2ccccc2s1. The van der Waals surface area contributed by atoms with Crippen molar-refractivity contribution in [3.63, 3.8) is 0 Å². The molecule has 1 aromatic heterocycles. The number of thiazole rings is 1. The fraction of sp³-hybridized carbons (Fsp3) is 0.318. The van der Waals surface area contributed by atoms with Crippen molar-refractivity contribution in [3.8, 4) is 5.75 Å². The lowest BCUT2D eigenvalue weighted by molar-refractivity contribution is -0.149. The molecule has 0 atom stereocenters. The number of carbonyl (C=O) groups is 2. The first-order chi connectivity index (χ1) is 14.1. The molecule has 0 saturated carbocycles. The van der Waals surface area contributed by atoms with Crippen LogP contribution < -0.4 is 9.64 Å². The quantitative estimate of drug-likeness (QED) is 0.555. The zero-order valence-electron chi connectivity index (χ0n) is 16.2. The Bertz CT molecular complexity index is 1010. The monoisotopic (exact) mass is 410 g/mol. The molecule has 7 heteroatoms. The third kappa shape index (κ3) is 4.40. The first-order valence-electron chi connectivity index (χ1n) is 9.70. The van der Waals surface area contributed by atoms with Crippen LogP contribution in [0.5, 0.6) is 5.75 Å². The Hall–Kier alpha value is -2.93. The first kappa shape index (κ1) is 19.4. The van der Waals surface area contributed by atoms with Gasteiger partial charge in [-0.1, -0.05) is 29.5 Å². The second-order valence-corrected chi connectivity index (χ2v) is 7.84. The van der Waals surface area contributed by atoms with Gasteiger partial charge >= 0.3 is 5.97 Å². The van der Waals surface area contributed by atoms with E-state index in [9.17, 15) is 9.59 Å². The maximum atomic E-state index is 12.5. The molecule has 2 aromatic carbocycles. The lowest BCUT2D eigenvalue weighted by Gasteiger charge is -2.17. The number of hydrogen-bond acceptors (Lipinski definition) is 6. The Morgan fingerprint density at radius 3 is 2.76 bits per heavy atom. The highest BCUT2D eigenvalue weighted by Gasteiger charge is 2.20. The zero-order valence-corrected chi connectivity index (χ0v) is 17.0. The van der Waals surface area contributed by atoms with Crippen molar-refractivity contribution >= 4 is 38.6 Å². The summed E-state index contributed by atoms with van der Waals surface area (Å²) in [7, 11) is 0. The van der Waals surface area contributed by atoms with Gasteiger partial charge in [-0.25, -0.2) is 9.78 Å². The number of aryl methyl sites for hydroxylation is 2. The molecular weight excluding hydrogens is 388 g/mol. The summed E-state index contributed by atoms with van der Waals surface area (Å²) in [6.07, 6.45) is 3.30. The minimum Gasteiger partial charge on any atom is -0.482 e. The average molecular weight is 410 g/mol. The van der Waals surface area contributed by atoms with Gasteiger partial charge in [0.1, 0.15) is 5.75 Å². The van der Waals surface area contributed by atoms with Gasteiger partial charge in [-0.3, -0.25) is 9.69 Å². The third-order valence-corrected chi connectivity index (χ3v) is 5.97.